The molecule has 0 aromatic heterocycles. The van der Waals surface area contributed by atoms with E-state index < -0.39 is 6.10 Å². The van der Waals surface area contributed by atoms with E-state index in [1.54, 1.807) is 12.1 Å². The van der Waals surface area contributed by atoms with E-state index in [-0.39, 0.29) is 5.82 Å². The van der Waals surface area contributed by atoms with Crippen molar-refractivity contribution in [2.24, 2.45) is 0 Å². The predicted octanol–water partition coefficient (Wildman–Crippen LogP) is 3.32. The summed E-state index contributed by atoms with van der Waals surface area (Å²) in [5, 5.41) is 12.8. The zero-order chi connectivity index (χ0) is 13.7. The summed E-state index contributed by atoms with van der Waals surface area (Å²) in [6, 6.07) is 4.80. The number of aliphatic hydroxyl groups is 1. The minimum Gasteiger partial charge on any atom is -0.389 e. The van der Waals surface area contributed by atoms with E-state index in [1.807, 2.05) is 0 Å². The first kappa shape index (κ1) is 14.8. The van der Waals surface area contributed by atoms with Crippen LogP contribution in [-0.4, -0.2) is 30.5 Å². The normalized spacial score (nSPS) is 17.6. The van der Waals surface area contributed by atoms with Crippen molar-refractivity contribution >= 4 is 21.6 Å². The van der Waals surface area contributed by atoms with Gasteiger partial charge in [-0.2, -0.15) is 0 Å². The molecule has 1 fully saturated rings. The topological polar surface area (TPSA) is 41.5 Å². The number of nitrogens with one attached hydrogen (secondary N) is 1. The average molecular weight is 332 g/mol. The van der Waals surface area contributed by atoms with E-state index >= 15 is 0 Å². The van der Waals surface area contributed by atoms with Crippen LogP contribution in [0.1, 0.15) is 25.7 Å². The summed E-state index contributed by atoms with van der Waals surface area (Å²) >= 11 is 3.10. The highest BCUT2D eigenvalue weighted by Crippen LogP contribution is 2.21. The summed E-state index contributed by atoms with van der Waals surface area (Å²) in [5.41, 5.74) is 0.653. The Labute approximate surface area is 121 Å². The third-order valence-electron chi connectivity index (χ3n) is 3.29. The fraction of sp³-hybridized carbons (Fsp3) is 0.571. The lowest BCUT2D eigenvalue weighted by Gasteiger charge is -2.16. The van der Waals surface area contributed by atoms with Crippen molar-refractivity contribution in [1.82, 2.24) is 0 Å². The van der Waals surface area contributed by atoms with Crippen molar-refractivity contribution in [1.29, 1.82) is 0 Å². The lowest BCUT2D eigenvalue weighted by Crippen LogP contribution is -2.27. The van der Waals surface area contributed by atoms with Crippen molar-refractivity contribution < 1.29 is 14.2 Å². The lowest BCUT2D eigenvalue weighted by atomic mass is 10.3. The number of hydrogen-bond acceptors (Lipinski definition) is 3. The van der Waals surface area contributed by atoms with E-state index in [9.17, 15) is 9.50 Å². The standard InChI is InChI=1S/C14H19BrFNO2/c15-13-6-5-10(7-14(13)16)17-8-11(18)9-19-12-3-1-2-4-12/h5-7,11-12,17-18H,1-4,8-9H2. The Morgan fingerprint density at radius 2 is 2.16 bits per heavy atom. The quantitative estimate of drug-likeness (QED) is 0.840. The molecule has 1 unspecified atom stereocenters. The van der Waals surface area contributed by atoms with Crippen molar-refractivity contribution in [3.05, 3.63) is 28.5 Å². The zero-order valence-electron chi connectivity index (χ0n) is 10.7. The highest BCUT2D eigenvalue weighted by Gasteiger charge is 2.16. The van der Waals surface area contributed by atoms with Gasteiger partial charge >= 0.3 is 0 Å². The molecule has 19 heavy (non-hydrogen) atoms. The predicted molar refractivity (Wildman–Crippen MR) is 76.8 cm³/mol. The van der Waals surface area contributed by atoms with Crippen LogP contribution in [0.3, 0.4) is 0 Å². The Bertz CT molecular complexity index is 410. The summed E-state index contributed by atoms with van der Waals surface area (Å²) in [6.07, 6.45) is 4.36. The van der Waals surface area contributed by atoms with Gasteiger partial charge < -0.3 is 15.2 Å². The van der Waals surface area contributed by atoms with Crippen LogP contribution in [0, 0.1) is 5.82 Å². The van der Waals surface area contributed by atoms with Gasteiger partial charge in [-0.05, 0) is 47.0 Å². The first-order chi connectivity index (χ1) is 9.15. The second kappa shape index (κ2) is 7.22. The maximum absolute atomic E-state index is 13.3. The molecule has 1 aliphatic carbocycles. The first-order valence-corrected chi connectivity index (χ1v) is 7.43. The van der Waals surface area contributed by atoms with Crippen molar-refractivity contribution in [3.8, 4) is 0 Å². The van der Waals surface area contributed by atoms with Gasteiger partial charge in [0.05, 0.1) is 23.3 Å². The summed E-state index contributed by atoms with van der Waals surface area (Å²) < 4.78 is 19.3. The Kier molecular flexibility index (Phi) is 5.60. The highest BCUT2D eigenvalue weighted by molar-refractivity contribution is 9.10. The zero-order valence-corrected chi connectivity index (χ0v) is 12.3. The highest BCUT2D eigenvalue weighted by atomic mass is 79.9. The maximum Gasteiger partial charge on any atom is 0.139 e. The smallest absolute Gasteiger partial charge is 0.139 e. The molecule has 2 rings (SSSR count). The van der Waals surface area contributed by atoms with Crippen LogP contribution >= 0.6 is 15.9 Å². The van der Waals surface area contributed by atoms with Crippen LogP contribution in [0.15, 0.2) is 22.7 Å². The van der Waals surface area contributed by atoms with E-state index in [2.05, 4.69) is 21.2 Å². The van der Waals surface area contributed by atoms with Crippen LogP contribution in [0.5, 0.6) is 0 Å². The maximum atomic E-state index is 13.3. The van der Waals surface area contributed by atoms with Gasteiger partial charge in [-0.1, -0.05) is 12.8 Å². The molecule has 1 aromatic carbocycles. The second-order valence-electron chi connectivity index (χ2n) is 4.90. The molecule has 106 valence electrons. The molecular weight excluding hydrogens is 313 g/mol. The Balaban J connectivity index is 1.70. The number of rotatable bonds is 6. The molecule has 1 saturated carbocycles. The summed E-state index contributed by atoms with van der Waals surface area (Å²) in [6.45, 7) is 0.685. The summed E-state index contributed by atoms with van der Waals surface area (Å²) in [5.74, 6) is -0.318. The number of ether oxygens (including phenoxy) is 1. The first-order valence-electron chi connectivity index (χ1n) is 6.64. The fourth-order valence-corrected chi connectivity index (χ4v) is 2.45. The fourth-order valence-electron chi connectivity index (χ4n) is 2.20. The van der Waals surface area contributed by atoms with Gasteiger partial charge in [0.1, 0.15) is 5.82 Å². The molecule has 0 bridgehead atoms. The molecule has 3 nitrogen and oxygen atoms in total. The molecule has 0 amide bonds. The largest absolute Gasteiger partial charge is 0.389 e. The monoisotopic (exact) mass is 331 g/mol. The number of anilines is 1. The molecule has 1 aliphatic rings. The molecule has 1 atom stereocenters. The lowest BCUT2D eigenvalue weighted by molar-refractivity contribution is -0.00117. The van der Waals surface area contributed by atoms with Crippen molar-refractivity contribution in [3.63, 3.8) is 0 Å². The average Bonchev–Trinajstić information content (AvgIpc) is 2.91. The molecule has 5 heteroatoms. The van der Waals surface area contributed by atoms with Crippen LogP contribution in [0.25, 0.3) is 0 Å². The molecule has 2 N–H and O–H groups in total. The van der Waals surface area contributed by atoms with Gasteiger partial charge in [0, 0.05) is 12.2 Å². The van der Waals surface area contributed by atoms with E-state index in [4.69, 9.17) is 4.74 Å². The molecule has 0 spiro atoms. The van der Waals surface area contributed by atoms with Crippen molar-refractivity contribution in [2.75, 3.05) is 18.5 Å². The van der Waals surface area contributed by atoms with Gasteiger partial charge in [0.2, 0.25) is 0 Å². The van der Waals surface area contributed by atoms with Crippen LogP contribution < -0.4 is 5.32 Å². The minimum atomic E-state index is -0.577. The molecule has 1 aromatic rings. The molecule has 0 aliphatic heterocycles. The van der Waals surface area contributed by atoms with E-state index in [1.165, 1.54) is 18.9 Å². The van der Waals surface area contributed by atoms with Gasteiger partial charge in [-0.3, -0.25) is 0 Å². The molecule has 0 saturated heterocycles. The number of halogens is 2. The Morgan fingerprint density at radius 3 is 2.84 bits per heavy atom. The van der Waals surface area contributed by atoms with Crippen molar-refractivity contribution in [2.45, 2.75) is 37.9 Å². The number of aliphatic hydroxyl groups excluding tert-OH is 1. The minimum absolute atomic E-state index is 0.305. The third-order valence-corrected chi connectivity index (χ3v) is 3.93. The molecule has 0 heterocycles. The van der Waals surface area contributed by atoms with Gasteiger partial charge in [-0.25, -0.2) is 4.39 Å². The third kappa shape index (κ3) is 4.75. The van der Waals surface area contributed by atoms with E-state index in [0.29, 0.717) is 29.4 Å². The summed E-state index contributed by atoms with van der Waals surface area (Å²) in [4.78, 5) is 0. The molecule has 0 radical (unpaired) electrons. The van der Waals surface area contributed by atoms with Crippen LogP contribution in [0.4, 0.5) is 10.1 Å². The number of hydrogen-bond donors (Lipinski definition) is 2. The van der Waals surface area contributed by atoms with Gasteiger partial charge in [0.25, 0.3) is 0 Å². The SMILES string of the molecule is OC(CNc1ccc(Br)c(F)c1)COC1CCCC1. The van der Waals surface area contributed by atoms with E-state index in [0.717, 1.165) is 12.8 Å². The van der Waals surface area contributed by atoms with Gasteiger partial charge in [-0.15, -0.1) is 0 Å². The number of benzene rings is 1. The second-order valence-corrected chi connectivity index (χ2v) is 5.76. The summed E-state index contributed by atoms with van der Waals surface area (Å²) in [7, 11) is 0. The van der Waals surface area contributed by atoms with Gasteiger partial charge in [0.15, 0.2) is 0 Å². The van der Waals surface area contributed by atoms with Crippen LogP contribution in [-0.2, 0) is 4.74 Å². The molecular formula is C14H19BrFNO2. The van der Waals surface area contributed by atoms with Crippen LogP contribution in [0.2, 0.25) is 0 Å². The Hall–Kier alpha value is -0.650. The Morgan fingerprint density at radius 1 is 1.42 bits per heavy atom.